The van der Waals surface area contributed by atoms with Gasteiger partial charge >= 0.3 is 0 Å². The predicted molar refractivity (Wildman–Crippen MR) is 126 cm³/mol. The molecule has 5 rings (SSSR count). The van der Waals surface area contributed by atoms with Crippen molar-refractivity contribution in [3.8, 4) is 11.3 Å². The first-order valence-electron chi connectivity index (χ1n) is 11.1. The highest BCUT2D eigenvalue weighted by Gasteiger charge is 2.25. The molecule has 1 N–H and O–H groups in total. The van der Waals surface area contributed by atoms with Crippen molar-refractivity contribution in [1.29, 1.82) is 0 Å². The Morgan fingerprint density at radius 3 is 2.91 bits per heavy atom. The lowest BCUT2D eigenvalue weighted by molar-refractivity contribution is -0.166. The number of likely N-dealkylation sites (N-methyl/N-ethyl adjacent to an activating group) is 1. The molecule has 33 heavy (non-hydrogen) atoms. The number of anilines is 1. The summed E-state index contributed by atoms with van der Waals surface area (Å²) < 4.78 is 19.7. The summed E-state index contributed by atoms with van der Waals surface area (Å²) in [6.45, 7) is 4.42. The van der Waals surface area contributed by atoms with Gasteiger partial charge in [-0.1, -0.05) is 18.2 Å². The van der Waals surface area contributed by atoms with Gasteiger partial charge in [-0.15, -0.1) is 0 Å². The van der Waals surface area contributed by atoms with Gasteiger partial charge in [-0.2, -0.15) is 5.06 Å². The summed E-state index contributed by atoms with van der Waals surface area (Å²) in [7, 11) is 2.14. The fourth-order valence-electron chi connectivity index (χ4n) is 4.16. The van der Waals surface area contributed by atoms with Gasteiger partial charge in [-0.05, 0) is 68.1 Å². The molecule has 6 nitrogen and oxygen atoms in total. The summed E-state index contributed by atoms with van der Waals surface area (Å²) in [6, 6.07) is 16.0. The minimum Gasteiger partial charge on any atom is -0.457 e. The van der Waals surface area contributed by atoms with Crippen LogP contribution in [0.3, 0.4) is 0 Å². The van der Waals surface area contributed by atoms with Crippen molar-refractivity contribution in [3.63, 3.8) is 0 Å². The summed E-state index contributed by atoms with van der Waals surface area (Å²) in [5.41, 5.74) is 3.51. The van der Waals surface area contributed by atoms with Crippen LogP contribution in [0.1, 0.15) is 23.3 Å². The first-order valence-corrected chi connectivity index (χ1v) is 11.1. The molecule has 3 heterocycles. The SMILES string of the molecule is CN1CCCN(OCc2cccc(-c3ccc(/C=C4/C(=O)Nc5ccc(F)cc54)o3)c2)CC1. The number of hydrogen-bond donors (Lipinski definition) is 1. The van der Waals surface area contributed by atoms with Gasteiger partial charge in [0, 0.05) is 36.4 Å². The van der Waals surface area contributed by atoms with Crippen molar-refractivity contribution in [2.75, 3.05) is 38.5 Å². The number of fused-ring (bicyclic) bond motifs is 1. The summed E-state index contributed by atoms with van der Waals surface area (Å²) in [5, 5.41) is 4.79. The van der Waals surface area contributed by atoms with Crippen LogP contribution in [0.25, 0.3) is 23.0 Å². The standard InChI is InChI=1S/C26H26FN3O3/c1-29-10-3-11-30(13-12-29)32-17-18-4-2-5-19(14-18)25-9-7-21(33-25)16-23-22-15-20(27)6-8-24(22)28-26(23)31/h2,4-9,14-16H,3,10-13,17H2,1H3,(H,28,31)/b23-16+. The average molecular weight is 448 g/mol. The first-order chi connectivity index (χ1) is 16.0. The van der Waals surface area contributed by atoms with Gasteiger partial charge < -0.3 is 14.6 Å². The molecular weight excluding hydrogens is 421 g/mol. The van der Waals surface area contributed by atoms with E-state index in [0.717, 1.165) is 43.7 Å². The summed E-state index contributed by atoms with van der Waals surface area (Å²) >= 11 is 0. The Kier molecular flexibility index (Phi) is 6.09. The number of hydrogen-bond acceptors (Lipinski definition) is 5. The summed E-state index contributed by atoms with van der Waals surface area (Å²) in [5.74, 6) is 0.565. The highest BCUT2D eigenvalue weighted by Crippen LogP contribution is 2.34. The lowest BCUT2D eigenvalue weighted by Crippen LogP contribution is -2.29. The number of hydroxylamine groups is 2. The van der Waals surface area contributed by atoms with E-state index in [2.05, 4.69) is 17.3 Å². The van der Waals surface area contributed by atoms with Crippen LogP contribution in [0.15, 0.2) is 59.0 Å². The van der Waals surface area contributed by atoms with Crippen LogP contribution in [0.4, 0.5) is 10.1 Å². The van der Waals surface area contributed by atoms with Crippen molar-refractivity contribution < 1.29 is 18.4 Å². The van der Waals surface area contributed by atoms with Gasteiger partial charge in [0.15, 0.2) is 0 Å². The molecule has 0 spiro atoms. The Bertz CT molecular complexity index is 1200. The van der Waals surface area contributed by atoms with Gasteiger partial charge in [0.25, 0.3) is 5.91 Å². The van der Waals surface area contributed by atoms with E-state index >= 15 is 0 Å². The quantitative estimate of drug-likeness (QED) is 0.577. The van der Waals surface area contributed by atoms with Gasteiger partial charge in [-0.25, -0.2) is 4.39 Å². The number of carbonyl (C=O) groups excluding carboxylic acids is 1. The molecule has 2 aliphatic rings. The highest BCUT2D eigenvalue weighted by molar-refractivity contribution is 6.34. The van der Waals surface area contributed by atoms with E-state index < -0.39 is 0 Å². The van der Waals surface area contributed by atoms with Gasteiger partial charge in [-0.3, -0.25) is 9.63 Å². The van der Waals surface area contributed by atoms with E-state index in [1.165, 1.54) is 12.1 Å². The van der Waals surface area contributed by atoms with E-state index in [0.29, 0.717) is 35.0 Å². The topological polar surface area (TPSA) is 58.0 Å². The molecule has 0 aliphatic carbocycles. The van der Waals surface area contributed by atoms with Crippen LogP contribution in [-0.4, -0.2) is 49.1 Å². The molecule has 7 heteroatoms. The molecule has 1 amide bonds. The lowest BCUT2D eigenvalue weighted by atomic mass is 10.1. The van der Waals surface area contributed by atoms with Crippen LogP contribution in [-0.2, 0) is 16.2 Å². The Morgan fingerprint density at radius 1 is 1.09 bits per heavy atom. The lowest BCUT2D eigenvalue weighted by Gasteiger charge is -2.19. The van der Waals surface area contributed by atoms with Crippen LogP contribution < -0.4 is 5.32 Å². The number of nitrogens with zero attached hydrogens (tertiary/aromatic N) is 2. The minimum atomic E-state index is -0.387. The number of amides is 1. The monoisotopic (exact) mass is 447 g/mol. The fraction of sp³-hybridized carbons (Fsp3) is 0.269. The van der Waals surface area contributed by atoms with E-state index in [1.54, 1.807) is 12.1 Å². The smallest absolute Gasteiger partial charge is 0.256 e. The molecule has 0 bridgehead atoms. The molecule has 2 aliphatic heterocycles. The minimum absolute atomic E-state index is 0.271. The molecule has 0 unspecified atom stereocenters. The number of carbonyl (C=O) groups is 1. The van der Waals surface area contributed by atoms with Crippen molar-refractivity contribution in [1.82, 2.24) is 9.96 Å². The van der Waals surface area contributed by atoms with E-state index in [4.69, 9.17) is 9.25 Å². The van der Waals surface area contributed by atoms with Crippen LogP contribution in [0.2, 0.25) is 0 Å². The van der Waals surface area contributed by atoms with Gasteiger partial charge in [0.05, 0.1) is 12.2 Å². The van der Waals surface area contributed by atoms with Crippen LogP contribution in [0, 0.1) is 5.82 Å². The number of nitrogens with one attached hydrogen (secondary N) is 1. The Morgan fingerprint density at radius 2 is 2.00 bits per heavy atom. The second-order valence-electron chi connectivity index (χ2n) is 8.46. The maximum absolute atomic E-state index is 13.7. The third kappa shape index (κ3) is 4.90. The molecule has 0 atom stereocenters. The fourth-order valence-corrected chi connectivity index (χ4v) is 4.16. The Labute approximate surface area is 192 Å². The molecule has 0 saturated carbocycles. The van der Waals surface area contributed by atoms with Crippen molar-refractivity contribution in [2.45, 2.75) is 13.0 Å². The molecule has 1 saturated heterocycles. The zero-order chi connectivity index (χ0) is 22.8. The van der Waals surface area contributed by atoms with Crippen molar-refractivity contribution in [2.24, 2.45) is 0 Å². The zero-order valence-electron chi connectivity index (χ0n) is 18.5. The third-order valence-corrected chi connectivity index (χ3v) is 5.98. The maximum atomic E-state index is 13.7. The molecule has 3 aromatic rings. The van der Waals surface area contributed by atoms with Crippen LogP contribution >= 0.6 is 0 Å². The normalized spacial score (nSPS) is 18.4. The molecule has 1 fully saturated rings. The van der Waals surface area contributed by atoms with Gasteiger partial charge in [0.2, 0.25) is 0 Å². The molecule has 170 valence electrons. The number of furan rings is 1. The second kappa shape index (κ2) is 9.31. The molecular formula is C26H26FN3O3. The highest BCUT2D eigenvalue weighted by atomic mass is 19.1. The Balaban J connectivity index is 1.30. The van der Waals surface area contributed by atoms with E-state index in [-0.39, 0.29) is 11.7 Å². The van der Waals surface area contributed by atoms with E-state index in [1.807, 2.05) is 41.5 Å². The second-order valence-corrected chi connectivity index (χ2v) is 8.46. The van der Waals surface area contributed by atoms with Crippen LogP contribution in [0.5, 0.6) is 0 Å². The predicted octanol–water partition coefficient (Wildman–Crippen LogP) is 4.65. The third-order valence-electron chi connectivity index (χ3n) is 5.98. The summed E-state index contributed by atoms with van der Waals surface area (Å²) in [6.07, 6.45) is 2.74. The van der Waals surface area contributed by atoms with Crippen molar-refractivity contribution in [3.05, 3.63) is 77.3 Å². The number of benzene rings is 2. The summed E-state index contributed by atoms with van der Waals surface area (Å²) in [4.78, 5) is 20.7. The largest absolute Gasteiger partial charge is 0.457 e. The molecule has 0 radical (unpaired) electrons. The maximum Gasteiger partial charge on any atom is 0.256 e. The van der Waals surface area contributed by atoms with Crippen molar-refractivity contribution >= 4 is 23.2 Å². The first kappa shape index (κ1) is 21.6. The average Bonchev–Trinajstić information content (AvgIpc) is 3.33. The Hall–Kier alpha value is -3.26. The zero-order valence-corrected chi connectivity index (χ0v) is 18.5. The van der Waals surface area contributed by atoms with E-state index in [9.17, 15) is 9.18 Å². The number of halogens is 1. The molecule has 2 aromatic carbocycles. The number of rotatable bonds is 5. The molecule has 1 aromatic heterocycles. The van der Waals surface area contributed by atoms with Gasteiger partial charge in [0.1, 0.15) is 17.3 Å².